The molecule has 0 N–H and O–H groups in total. The number of hydrogen-bond donors (Lipinski definition) is 0. The third-order valence-electron chi connectivity index (χ3n) is 2.83. The van der Waals surface area contributed by atoms with Gasteiger partial charge in [0.2, 0.25) is 5.96 Å². The molecule has 1 aliphatic heterocycles. The van der Waals surface area contributed by atoms with Crippen molar-refractivity contribution in [1.82, 2.24) is 4.90 Å². The van der Waals surface area contributed by atoms with E-state index in [1.807, 2.05) is 0 Å². The van der Waals surface area contributed by atoms with Gasteiger partial charge in [-0.1, -0.05) is 18.2 Å². The van der Waals surface area contributed by atoms with Gasteiger partial charge in [-0.2, -0.15) is 0 Å². The first-order chi connectivity index (χ1) is 7.74. The number of fused-ring (bicyclic) bond motifs is 1. The molecule has 1 heterocycles. The second-order valence-electron chi connectivity index (χ2n) is 4.20. The fraction of sp³-hybridized carbons (Fsp3) is 0.462. The molecular formula is C13H20IN3. The predicted octanol–water partition coefficient (Wildman–Crippen LogP) is 2.60. The van der Waals surface area contributed by atoms with Gasteiger partial charge in [0.05, 0.1) is 0 Å². The minimum absolute atomic E-state index is 0. The van der Waals surface area contributed by atoms with Crippen LogP contribution < -0.4 is 4.90 Å². The lowest BCUT2D eigenvalue weighted by molar-refractivity contribution is 0.600. The standard InChI is InChI=1S/C13H19N3.HI/c1-4-14-13(15(2)3)16-10-9-11-7-5-6-8-12(11)16;/h5-8H,4,9-10H2,1-3H3;1H. The number of benzene rings is 1. The smallest absolute Gasteiger partial charge is 0.200 e. The lowest BCUT2D eigenvalue weighted by Crippen LogP contribution is -2.39. The summed E-state index contributed by atoms with van der Waals surface area (Å²) in [6.45, 7) is 3.94. The summed E-state index contributed by atoms with van der Waals surface area (Å²) in [5, 5.41) is 0. The maximum absolute atomic E-state index is 4.57. The van der Waals surface area contributed by atoms with Crippen molar-refractivity contribution in [3.63, 3.8) is 0 Å². The average molecular weight is 345 g/mol. The van der Waals surface area contributed by atoms with Gasteiger partial charge < -0.3 is 9.80 Å². The average Bonchev–Trinajstić information content (AvgIpc) is 2.69. The molecule has 0 saturated heterocycles. The highest BCUT2D eigenvalue weighted by molar-refractivity contribution is 14.0. The Bertz CT molecular complexity index is 401. The molecule has 0 radical (unpaired) electrons. The fourth-order valence-corrected chi connectivity index (χ4v) is 2.16. The maximum Gasteiger partial charge on any atom is 0.200 e. The van der Waals surface area contributed by atoms with Gasteiger partial charge in [-0.25, -0.2) is 0 Å². The molecule has 0 spiro atoms. The highest BCUT2D eigenvalue weighted by atomic mass is 127. The van der Waals surface area contributed by atoms with E-state index in [0.717, 1.165) is 25.5 Å². The minimum Gasteiger partial charge on any atom is -0.349 e. The van der Waals surface area contributed by atoms with Crippen molar-refractivity contribution in [2.24, 2.45) is 4.99 Å². The lowest BCUT2D eigenvalue weighted by atomic mass is 10.2. The van der Waals surface area contributed by atoms with Gasteiger partial charge in [0.1, 0.15) is 0 Å². The number of aliphatic imine (C=N–C) groups is 1. The Morgan fingerprint density at radius 3 is 2.71 bits per heavy atom. The van der Waals surface area contributed by atoms with Crippen LogP contribution in [0.1, 0.15) is 12.5 Å². The fourth-order valence-electron chi connectivity index (χ4n) is 2.16. The summed E-state index contributed by atoms with van der Waals surface area (Å²) < 4.78 is 0. The van der Waals surface area contributed by atoms with Crippen LogP contribution in [-0.2, 0) is 6.42 Å². The van der Waals surface area contributed by atoms with Gasteiger partial charge >= 0.3 is 0 Å². The third kappa shape index (κ3) is 2.91. The molecule has 1 aromatic rings. The summed E-state index contributed by atoms with van der Waals surface area (Å²) in [5.74, 6) is 1.06. The highest BCUT2D eigenvalue weighted by Crippen LogP contribution is 2.27. The van der Waals surface area contributed by atoms with E-state index in [2.05, 4.69) is 60.1 Å². The van der Waals surface area contributed by atoms with Gasteiger partial charge in [-0.3, -0.25) is 4.99 Å². The van der Waals surface area contributed by atoms with Crippen LogP contribution in [0.4, 0.5) is 5.69 Å². The lowest BCUT2D eigenvalue weighted by Gasteiger charge is -2.26. The Hall–Kier alpha value is -0.780. The molecule has 0 aliphatic carbocycles. The van der Waals surface area contributed by atoms with E-state index in [4.69, 9.17) is 0 Å². The number of para-hydroxylation sites is 1. The first-order valence-corrected chi connectivity index (χ1v) is 5.81. The van der Waals surface area contributed by atoms with Gasteiger partial charge in [0.25, 0.3) is 0 Å². The van der Waals surface area contributed by atoms with Crippen molar-refractivity contribution in [2.75, 3.05) is 32.1 Å². The third-order valence-corrected chi connectivity index (χ3v) is 2.83. The van der Waals surface area contributed by atoms with Gasteiger partial charge in [0.15, 0.2) is 0 Å². The number of nitrogens with zero attached hydrogens (tertiary/aromatic N) is 3. The minimum atomic E-state index is 0. The molecular weight excluding hydrogens is 325 g/mol. The van der Waals surface area contributed by atoms with Gasteiger partial charge in [0, 0.05) is 32.9 Å². The van der Waals surface area contributed by atoms with Crippen molar-refractivity contribution in [3.8, 4) is 0 Å². The van der Waals surface area contributed by atoms with Crippen LogP contribution >= 0.6 is 24.0 Å². The Labute approximate surface area is 121 Å². The van der Waals surface area contributed by atoms with E-state index >= 15 is 0 Å². The van der Waals surface area contributed by atoms with Crippen molar-refractivity contribution < 1.29 is 0 Å². The number of halogens is 1. The monoisotopic (exact) mass is 345 g/mol. The second kappa shape index (κ2) is 6.23. The van der Waals surface area contributed by atoms with E-state index < -0.39 is 0 Å². The summed E-state index contributed by atoms with van der Waals surface area (Å²) in [4.78, 5) is 8.97. The summed E-state index contributed by atoms with van der Waals surface area (Å²) in [5.41, 5.74) is 2.73. The van der Waals surface area contributed by atoms with E-state index in [0.29, 0.717) is 0 Å². The molecule has 0 unspecified atom stereocenters. The molecule has 0 bridgehead atoms. The van der Waals surface area contributed by atoms with Crippen LogP contribution in [0.2, 0.25) is 0 Å². The van der Waals surface area contributed by atoms with Crippen LogP contribution in [0.5, 0.6) is 0 Å². The molecule has 3 nitrogen and oxygen atoms in total. The molecule has 0 amide bonds. The SMILES string of the molecule is CCN=C(N(C)C)N1CCc2ccccc21.I. The van der Waals surface area contributed by atoms with Crippen LogP contribution in [0.25, 0.3) is 0 Å². The number of anilines is 1. The summed E-state index contributed by atoms with van der Waals surface area (Å²) in [7, 11) is 4.10. The van der Waals surface area contributed by atoms with Gasteiger partial charge in [-0.15, -0.1) is 24.0 Å². The van der Waals surface area contributed by atoms with Crippen LogP contribution in [0.3, 0.4) is 0 Å². The quantitative estimate of drug-likeness (QED) is 0.443. The zero-order valence-electron chi connectivity index (χ0n) is 10.7. The normalized spacial score (nSPS) is 14.3. The Kier molecular flexibility index (Phi) is 5.24. The number of rotatable bonds is 1. The van der Waals surface area contributed by atoms with E-state index in [1.54, 1.807) is 0 Å². The van der Waals surface area contributed by atoms with E-state index in [1.165, 1.54) is 11.3 Å². The molecule has 1 aliphatic rings. The summed E-state index contributed by atoms with van der Waals surface area (Å²) >= 11 is 0. The van der Waals surface area contributed by atoms with Crippen LogP contribution in [0, 0.1) is 0 Å². The molecule has 4 heteroatoms. The Balaban J connectivity index is 0.00000144. The molecule has 0 atom stereocenters. The molecule has 94 valence electrons. The van der Waals surface area contributed by atoms with E-state index in [9.17, 15) is 0 Å². The molecule has 0 aromatic heterocycles. The predicted molar refractivity (Wildman–Crippen MR) is 84.6 cm³/mol. The van der Waals surface area contributed by atoms with Crippen molar-refractivity contribution in [2.45, 2.75) is 13.3 Å². The molecule has 0 saturated carbocycles. The van der Waals surface area contributed by atoms with E-state index in [-0.39, 0.29) is 24.0 Å². The first kappa shape index (κ1) is 14.3. The van der Waals surface area contributed by atoms with Crippen molar-refractivity contribution in [1.29, 1.82) is 0 Å². The molecule has 2 rings (SSSR count). The van der Waals surface area contributed by atoms with Gasteiger partial charge in [-0.05, 0) is 25.0 Å². The zero-order chi connectivity index (χ0) is 11.5. The summed E-state index contributed by atoms with van der Waals surface area (Å²) in [6, 6.07) is 8.58. The summed E-state index contributed by atoms with van der Waals surface area (Å²) in [6.07, 6.45) is 1.12. The van der Waals surface area contributed by atoms with Crippen molar-refractivity contribution in [3.05, 3.63) is 29.8 Å². The molecule has 17 heavy (non-hydrogen) atoms. The van der Waals surface area contributed by atoms with Crippen molar-refractivity contribution >= 4 is 35.6 Å². The number of hydrogen-bond acceptors (Lipinski definition) is 1. The first-order valence-electron chi connectivity index (χ1n) is 5.81. The molecule has 0 fully saturated rings. The second-order valence-corrected chi connectivity index (χ2v) is 4.20. The topological polar surface area (TPSA) is 18.8 Å². The van der Waals surface area contributed by atoms with Crippen LogP contribution in [0.15, 0.2) is 29.3 Å². The Morgan fingerprint density at radius 2 is 2.06 bits per heavy atom. The zero-order valence-corrected chi connectivity index (χ0v) is 13.0. The maximum atomic E-state index is 4.57. The Morgan fingerprint density at radius 1 is 1.35 bits per heavy atom. The van der Waals surface area contributed by atoms with Crippen LogP contribution in [-0.4, -0.2) is 38.0 Å². The largest absolute Gasteiger partial charge is 0.349 e. The number of guanidine groups is 1. The molecule has 1 aromatic carbocycles. The highest BCUT2D eigenvalue weighted by Gasteiger charge is 2.23.